The van der Waals surface area contributed by atoms with E-state index in [0.29, 0.717) is 28.3 Å². The van der Waals surface area contributed by atoms with Crippen LogP contribution >= 0.6 is 11.6 Å². The van der Waals surface area contributed by atoms with Crippen molar-refractivity contribution in [2.75, 3.05) is 5.32 Å². The highest BCUT2D eigenvalue weighted by atomic mass is 35.5. The molecule has 146 valence electrons. The summed E-state index contributed by atoms with van der Waals surface area (Å²) in [6.45, 7) is 5.04. The summed E-state index contributed by atoms with van der Waals surface area (Å²) in [7, 11) is 0. The van der Waals surface area contributed by atoms with Crippen LogP contribution in [-0.2, 0) is 24.0 Å². The van der Waals surface area contributed by atoms with Crippen LogP contribution in [0.4, 0.5) is 18.9 Å². The molecule has 1 amide bonds. The van der Waals surface area contributed by atoms with Crippen LogP contribution in [-0.4, -0.2) is 5.91 Å². The van der Waals surface area contributed by atoms with E-state index in [2.05, 4.69) is 5.32 Å². The van der Waals surface area contributed by atoms with Crippen molar-refractivity contribution in [2.24, 2.45) is 0 Å². The molecule has 7 heteroatoms. The molecule has 0 aliphatic heterocycles. The van der Waals surface area contributed by atoms with Crippen LogP contribution in [0.5, 0.6) is 5.75 Å². The van der Waals surface area contributed by atoms with Crippen molar-refractivity contribution in [1.82, 2.24) is 0 Å². The van der Waals surface area contributed by atoms with E-state index in [1.807, 2.05) is 0 Å². The lowest BCUT2D eigenvalue weighted by atomic mass is 10.0. The number of nitrogens with one attached hydrogen (secondary N) is 1. The second-order valence-electron chi connectivity index (χ2n) is 6.08. The van der Waals surface area contributed by atoms with Gasteiger partial charge in [0, 0.05) is 22.7 Å². The first kappa shape index (κ1) is 21.1. The Balaban J connectivity index is 2.37. The Morgan fingerprint density at radius 2 is 1.93 bits per heavy atom. The molecule has 2 aromatic carbocycles. The maximum absolute atomic E-state index is 13.4. The van der Waals surface area contributed by atoms with Crippen molar-refractivity contribution in [3.8, 4) is 5.75 Å². The maximum atomic E-state index is 13.4. The minimum Gasteiger partial charge on any atom is -0.488 e. The summed E-state index contributed by atoms with van der Waals surface area (Å²) in [6.07, 6.45) is -3.78. The summed E-state index contributed by atoms with van der Waals surface area (Å²) in [5.41, 5.74) is 1.36. The molecular weight excluding hydrogens is 379 g/mol. The van der Waals surface area contributed by atoms with Gasteiger partial charge in [0.1, 0.15) is 12.4 Å². The summed E-state index contributed by atoms with van der Waals surface area (Å²) in [5, 5.41) is 2.99. The minimum absolute atomic E-state index is 0.201. The zero-order valence-electron chi connectivity index (χ0n) is 15.3. The number of hydrogen-bond acceptors (Lipinski definition) is 2. The van der Waals surface area contributed by atoms with Gasteiger partial charge >= 0.3 is 6.18 Å². The van der Waals surface area contributed by atoms with Gasteiger partial charge in [-0.1, -0.05) is 31.5 Å². The Kier molecular flexibility index (Phi) is 6.76. The lowest BCUT2D eigenvalue weighted by Crippen LogP contribution is -2.14. The molecule has 0 radical (unpaired) electrons. The molecule has 0 fully saturated rings. The molecule has 0 aliphatic rings. The van der Waals surface area contributed by atoms with Gasteiger partial charge in [-0.15, -0.1) is 0 Å². The van der Waals surface area contributed by atoms with Crippen molar-refractivity contribution >= 4 is 23.2 Å². The fourth-order valence-corrected chi connectivity index (χ4v) is 2.89. The molecule has 0 spiro atoms. The number of anilines is 1. The fourth-order valence-electron chi connectivity index (χ4n) is 2.66. The minimum atomic E-state index is -4.54. The van der Waals surface area contributed by atoms with Gasteiger partial charge in [-0.25, -0.2) is 0 Å². The van der Waals surface area contributed by atoms with Gasteiger partial charge in [0.15, 0.2) is 0 Å². The van der Waals surface area contributed by atoms with Crippen LogP contribution in [0.25, 0.3) is 0 Å². The smallest absolute Gasteiger partial charge is 0.419 e. The molecule has 0 bridgehead atoms. The molecule has 1 N–H and O–H groups in total. The van der Waals surface area contributed by atoms with Crippen LogP contribution in [0.3, 0.4) is 0 Å². The number of carbonyl (C=O) groups excluding carboxylic acids is 1. The standard InChI is InChI=1S/C20H21ClF3NO2/c1-4-13-10-15(20(22,23)24)18(9-12(13)3)27-11-14-16(21)7-6-8-17(14)25-19(26)5-2/h6-10H,4-5,11H2,1-3H3,(H,25,26). The highest BCUT2D eigenvalue weighted by Gasteiger charge is 2.35. The molecule has 0 unspecified atom stereocenters. The van der Waals surface area contributed by atoms with E-state index >= 15 is 0 Å². The van der Waals surface area contributed by atoms with Crippen LogP contribution in [0, 0.1) is 6.92 Å². The Morgan fingerprint density at radius 3 is 2.52 bits per heavy atom. The molecule has 0 aliphatic carbocycles. The normalized spacial score (nSPS) is 11.4. The van der Waals surface area contributed by atoms with Gasteiger partial charge in [-0.3, -0.25) is 4.79 Å². The quantitative estimate of drug-likeness (QED) is 0.632. The number of carbonyl (C=O) groups is 1. The second kappa shape index (κ2) is 8.65. The lowest BCUT2D eigenvalue weighted by Gasteiger charge is -2.18. The average molecular weight is 400 g/mol. The van der Waals surface area contributed by atoms with Crippen LogP contribution in [0.1, 0.15) is 42.5 Å². The van der Waals surface area contributed by atoms with Gasteiger partial charge in [0.05, 0.1) is 5.56 Å². The van der Waals surface area contributed by atoms with E-state index < -0.39 is 11.7 Å². The average Bonchev–Trinajstić information content (AvgIpc) is 2.60. The summed E-state index contributed by atoms with van der Waals surface area (Å²) in [6, 6.07) is 7.39. The number of rotatable bonds is 6. The predicted molar refractivity (Wildman–Crippen MR) is 100 cm³/mol. The molecule has 0 atom stereocenters. The largest absolute Gasteiger partial charge is 0.488 e. The summed E-state index contributed by atoms with van der Waals surface area (Å²) >= 11 is 6.18. The molecule has 3 nitrogen and oxygen atoms in total. The van der Waals surface area contributed by atoms with Crippen molar-refractivity contribution in [1.29, 1.82) is 0 Å². The number of ether oxygens (including phenoxy) is 1. The number of aryl methyl sites for hydroxylation is 2. The Morgan fingerprint density at radius 1 is 1.22 bits per heavy atom. The van der Waals surface area contributed by atoms with E-state index in [1.54, 1.807) is 39.0 Å². The topological polar surface area (TPSA) is 38.3 Å². The molecule has 0 aromatic heterocycles. The van der Waals surface area contributed by atoms with Crippen molar-refractivity contribution < 1.29 is 22.7 Å². The number of amides is 1. The third kappa shape index (κ3) is 5.16. The molecule has 0 heterocycles. The Bertz CT molecular complexity index is 835. The summed E-state index contributed by atoms with van der Waals surface area (Å²) in [4.78, 5) is 11.7. The summed E-state index contributed by atoms with van der Waals surface area (Å²) in [5.74, 6) is -0.484. The van der Waals surface area contributed by atoms with Gasteiger partial charge in [-0.05, 0) is 48.7 Å². The van der Waals surface area contributed by atoms with E-state index in [4.69, 9.17) is 16.3 Å². The molecule has 2 aromatic rings. The second-order valence-corrected chi connectivity index (χ2v) is 6.49. The van der Waals surface area contributed by atoms with Crippen molar-refractivity contribution in [3.63, 3.8) is 0 Å². The van der Waals surface area contributed by atoms with Crippen molar-refractivity contribution in [3.05, 3.63) is 57.6 Å². The van der Waals surface area contributed by atoms with Gasteiger partial charge in [0.2, 0.25) is 5.91 Å². The van der Waals surface area contributed by atoms with Gasteiger partial charge < -0.3 is 10.1 Å². The predicted octanol–water partition coefficient (Wildman–Crippen LogP) is 6.16. The third-order valence-corrected chi connectivity index (χ3v) is 4.56. The van der Waals surface area contributed by atoms with Crippen LogP contribution in [0.2, 0.25) is 5.02 Å². The van der Waals surface area contributed by atoms with Crippen LogP contribution < -0.4 is 10.1 Å². The zero-order valence-corrected chi connectivity index (χ0v) is 16.1. The lowest BCUT2D eigenvalue weighted by molar-refractivity contribution is -0.139. The SMILES string of the molecule is CCC(=O)Nc1cccc(Cl)c1COc1cc(C)c(CC)cc1C(F)(F)F. The number of halogens is 4. The maximum Gasteiger partial charge on any atom is 0.419 e. The molecule has 2 rings (SSSR count). The van der Waals surface area contributed by atoms with Gasteiger partial charge in [-0.2, -0.15) is 13.2 Å². The first-order valence-electron chi connectivity index (χ1n) is 8.58. The molecular formula is C20H21ClF3NO2. The van der Waals surface area contributed by atoms with E-state index in [1.165, 1.54) is 6.07 Å². The number of alkyl halides is 3. The molecule has 0 saturated heterocycles. The number of benzene rings is 2. The Hall–Kier alpha value is -2.21. The fraction of sp³-hybridized carbons (Fsp3) is 0.350. The number of hydrogen-bond donors (Lipinski definition) is 1. The first-order valence-corrected chi connectivity index (χ1v) is 8.95. The highest BCUT2D eigenvalue weighted by Crippen LogP contribution is 2.39. The van der Waals surface area contributed by atoms with Crippen LogP contribution in [0.15, 0.2) is 30.3 Å². The molecule has 27 heavy (non-hydrogen) atoms. The monoisotopic (exact) mass is 399 g/mol. The van der Waals surface area contributed by atoms with E-state index in [9.17, 15) is 18.0 Å². The Labute approximate surface area is 161 Å². The zero-order chi connectivity index (χ0) is 20.2. The van der Waals surface area contributed by atoms with Crippen molar-refractivity contribution in [2.45, 2.75) is 46.4 Å². The van der Waals surface area contributed by atoms with E-state index in [0.717, 1.165) is 11.6 Å². The first-order chi connectivity index (χ1) is 12.7. The third-order valence-electron chi connectivity index (χ3n) is 4.21. The molecule has 0 saturated carbocycles. The van der Waals surface area contributed by atoms with Gasteiger partial charge in [0.25, 0.3) is 0 Å². The summed E-state index contributed by atoms with van der Waals surface area (Å²) < 4.78 is 45.8. The van der Waals surface area contributed by atoms with E-state index in [-0.39, 0.29) is 24.7 Å². The highest BCUT2D eigenvalue weighted by molar-refractivity contribution is 6.31.